The number of rotatable bonds is 2. The third-order valence-electron chi connectivity index (χ3n) is 1.15. The molecule has 0 aliphatic carbocycles. The van der Waals surface area contributed by atoms with Gasteiger partial charge in [0.1, 0.15) is 0 Å². The van der Waals surface area contributed by atoms with Crippen LogP contribution in [-0.2, 0) is 9.53 Å². The summed E-state index contributed by atoms with van der Waals surface area (Å²) in [6.45, 7) is 0. The van der Waals surface area contributed by atoms with E-state index in [1.165, 1.54) is 0 Å². The van der Waals surface area contributed by atoms with Crippen molar-refractivity contribution in [2.45, 2.75) is 6.17 Å². The van der Waals surface area contributed by atoms with Crippen molar-refractivity contribution in [1.82, 2.24) is 0 Å². The standard InChI is InChI=1S/C4H4N4O4/c1-12-4(9)2-3(8(10)11)6-7-5-2/h3H,1H3/t3-/m0/s1. The van der Waals surface area contributed by atoms with Gasteiger partial charge in [0, 0.05) is 0 Å². The minimum Gasteiger partial charge on any atom is -0.464 e. The van der Waals surface area contributed by atoms with Gasteiger partial charge in [-0.2, -0.15) is 0 Å². The molecule has 0 aromatic rings. The molecule has 0 aromatic carbocycles. The van der Waals surface area contributed by atoms with Crippen LogP contribution in [0, 0.1) is 10.1 Å². The second kappa shape index (κ2) is 3.03. The lowest BCUT2D eigenvalue weighted by Crippen LogP contribution is -2.32. The van der Waals surface area contributed by atoms with Gasteiger partial charge in [-0.25, -0.2) is 4.79 Å². The first-order valence-electron chi connectivity index (χ1n) is 2.86. The van der Waals surface area contributed by atoms with Gasteiger partial charge in [0.25, 0.3) is 0 Å². The van der Waals surface area contributed by atoms with E-state index < -0.39 is 22.8 Å². The fraction of sp³-hybridized carbons (Fsp3) is 0.500. The molecule has 12 heavy (non-hydrogen) atoms. The first-order valence-corrected chi connectivity index (χ1v) is 2.86. The Hall–Kier alpha value is -1.86. The van der Waals surface area contributed by atoms with Crippen LogP contribution in [0.1, 0.15) is 0 Å². The average molecular weight is 172 g/mol. The number of carbonyl (C=O) groups is 1. The molecule has 1 rings (SSSR count). The minimum absolute atomic E-state index is 0.400. The van der Waals surface area contributed by atoms with Gasteiger partial charge in [0.2, 0.25) is 5.71 Å². The molecular formula is C4H4N4O4. The zero-order valence-electron chi connectivity index (χ0n) is 6.00. The summed E-state index contributed by atoms with van der Waals surface area (Å²) in [7, 11) is 1.10. The maximum atomic E-state index is 10.8. The Bertz CT molecular complexity index is 283. The molecule has 0 N–H and O–H groups in total. The number of methoxy groups -OCH3 is 1. The summed E-state index contributed by atoms with van der Waals surface area (Å²) in [4.78, 5) is 20.2. The summed E-state index contributed by atoms with van der Waals surface area (Å²) in [6.07, 6.45) is -1.52. The van der Waals surface area contributed by atoms with Crippen molar-refractivity contribution >= 4 is 11.7 Å². The Kier molecular flexibility index (Phi) is 2.08. The maximum Gasteiger partial charge on any atom is 0.373 e. The molecule has 8 heteroatoms. The van der Waals surface area contributed by atoms with E-state index >= 15 is 0 Å². The Morgan fingerprint density at radius 1 is 1.75 bits per heavy atom. The van der Waals surface area contributed by atoms with Crippen LogP contribution in [0.2, 0.25) is 0 Å². The van der Waals surface area contributed by atoms with Gasteiger partial charge in [-0.3, -0.25) is 10.1 Å². The predicted octanol–water partition coefficient (Wildman–Crippen LogP) is -0.416. The Labute approximate surface area is 66.1 Å². The van der Waals surface area contributed by atoms with E-state index in [0.717, 1.165) is 7.11 Å². The molecule has 0 aromatic heterocycles. The summed E-state index contributed by atoms with van der Waals surface area (Å²) in [5.41, 5.74) is -0.400. The predicted molar refractivity (Wildman–Crippen MR) is 35.1 cm³/mol. The zero-order chi connectivity index (χ0) is 9.14. The Balaban J connectivity index is 2.81. The number of hydrogen-bond acceptors (Lipinski definition) is 7. The molecule has 1 atom stereocenters. The Morgan fingerprint density at radius 3 is 2.92 bits per heavy atom. The van der Waals surface area contributed by atoms with Crippen LogP contribution in [0.3, 0.4) is 0 Å². The molecule has 0 unspecified atom stereocenters. The van der Waals surface area contributed by atoms with Crippen molar-refractivity contribution in [3.8, 4) is 0 Å². The molecule has 0 bridgehead atoms. The summed E-state index contributed by atoms with van der Waals surface area (Å²) in [5.74, 6) is -0.887. The van der Waals surface area contributed by atoms with E-state index in [1.807, 2.05) is 0 Å². The molecule has 64 valence electrons. The molecule has 0 fully saturated rings. The summed E-state index contributed by atoms with van der Waals surface area (Å²) < 4.78 is 4.22. The quantitative estimate of drug-likeness (QED) is 0.320. The topological polar surface area (TPSA) is 107 Å². The van der Waals surface area contributed by atoms with E-state index in [4.69, 9.17) is 0 Å². The van der Waals surface area contributed by atoms with E-state index in [9.17, 15) is 14.9 Å². The normalized spacial score (nSPS) is 20.4. The van der Waals surface area contributed by atoms with Gasteiger partial charge in [-0.15, -0.1) is 5.10 Å². The molecular weight excluding hydrogens is 168 g/mol. The summed E-state index contributed by atoms with van der Waals surface area (Å²) in [5, 5.41) is 19.5. The van der Waals surface area contributed by atoms with Crippen molar-refractivity contribution in [1.29, 1.82) is 0 Å². The van der Waals surface area contributed by atoms with E-state index in [1.54, 1.807) is 0 Å². The van der Waals surface area contributed by atoms with Crippen LogP contribution in [0.4, 0.5) is 0 Å². The highest BCUT2D eigenvalue weighted by Crippen LogP contribution is 2.07. The molecule has 8 nitrogen and oxygen atoms in total. The van der Waals surface area contributed by atoms with Crippen LogP contribution >= 0.6 is 0 Å². The van der Waals surface area contributed by atoms with Crippen molar-refractivity contribution in [3.05, 3.63) is 10.1 Å². The SMILES string of the molecule is COC(=O)C1=NN=N[C@H]1[N+](=O)[O-]. The van der Waals surface area contributed by atoms with Gasteiger partial charge in [0.15, 0.2) is 0 Å². The Morgan fingerprint density at radius 2 is 2.42 bits per heavy atom. The van der Waals surface area contributed by atoms with Crippen LogP contribution < -0.4 is 0 Å². The van der Waals surface area contributed by atoms with Crippen LogP contribution in [0.25, 0.3) is 0 Å². The lowest BCUT2D eigenvalue weighted by Gasteiger charge is -1.98. The molecule has 0 amide bonds. The molecule has 0 saturated heterocycles. The maximum absolute atomic E-state index is 10.8. The lowest BCUT2D eigenvalue weighted by atomic mass is 10.3. The van der Waals surface area contributed by atoms with Gasteiger partial charge in [-0.1, -0.05) is 5.11 Å². The third kappa shape index (κ3) is 1.26. The second-order valence-electron chi connectivity index (χ2n) is 1.84. The number of ether oxygens (including phenoxy) is 1. The lowest BCUT2D eigenvalue weighted by molar-refractivity contribution is -0.500. The van der Waals surface area contributed by atoms with Crippen molar-refractivity contribution < 1.29 is 14.5 Å². The van der Waals surface area contributed by atoms with Crippen LogP contribution in [0.5, 0.6) is 0 Å². The van der Waals surface area contributed by atoms with Gasteiger partial charge in [0.05, 0.1) is 12.0 Å². The van der Waals surface area contributed by atoms with Crippen molar-refractivity contribution in [2.75, 3.05) is 7.11 Å². The fourth-order valence-corrected chi connectivity index (χ4v) is 0.622. The highest BCUT2D eigenvalue weighted by atomic mass is 16.6. The zero-order valence-corrected chi connectivity index (χ0v) is 6.00. The summed E-state index contributed by atoms with van der Waals surface area (Å²) in [6, 6.07) is 0. The second-order valence-corrected chi connectivity index (χ2v) is 1.84. The number of nitro groups is 1. The van der Waals surface area contributed by atoms with E-state index in [0.29, 0.717) is 0 Å². The van der Waals surface area contributed by atoms with E-state index in [2.05, 4.69) is 20.2 Å². The van der Waals surface area contributed by atoms with Gasteiger partial charge >= 0.3 is 12.1 Å². The monoisotopic (exact) mass is 172 g/mol. The van der Waals surface area contributed by atoms with Crippen LogP contribution in [0.15, 0.2) is 15.4 Å². The molecule has 1 heterocycles. The summed E-state index contributed by atoms with van der Waals surface area (Å²) >= 11 is 0. The van der Waals surface area contributed by atoms with Crippen molar-refractivity contribution in [2.24, 2.45) is 15.4 Å². The third-order valence-corrected chi connectivity index (χ3v) is 1.15. The van der Waals surface area contributed by atoms with Gasteiger partial charge in [-0.05, 0) is 5.22 Å². The number of hydrogen-bond donors (Lipinski definition) is 0. The fourth-order valence-electron chi connectivity index (χ4n) is 0.622. The molecule has 0 spiro atoms. The molecule has 0 radical (unpaired) electrons. The van der Waals surface area contributed by atoms with E-state index in [-0.39, 0.29) is 0 Å². The highest BCUT2D eigenvalue weighted by molar-refractivity contribution is 6.38. The number of carbonyl (C=O) groups excluding carboxylic acids is 1. The largest absolute Gasteiger partial charge is 0.464 e. The smallest absolute Gasteiger partial charge is 0.373 e. The number of nitrogens with zero attached hydrogens (tertiary/aromatic N) is 4. The highest BCUT2D eigenvalue weighted by Gasteiger charge is 2.37. The number of esters is 1. The van der Waals surface area contributed by atoms with Crippen LogP contribution in [-0.4, -0.2) is 29.9 Å². The first-order chi connectivity index (χ1) is 5.66. The molecule has 0 saturated carbocycles. The van der Waals surface area contributed by atoms with Gasteiger partial charge < -0.3 is 4.74 Å². The molecule has 1 aliphatic rings. The minimum atomic E-state index is -1.52. The van der Waals surface area contributed by atoms with Crippen molar-refractivity contribution in [3.63, 3.8) is 0 Å². The average Bonchev–Trinajstić information content (AvgIpc) is 2.50. The first kappa shape index (κ1) is 8.24. The molecule has 1 aliphatic heterocycles.